The van der Waals surface area contributed by atoms with Gasteiger partial charge in [0, 0.05) is 3.57 Å². The Hall–Kier alpha value is -0.830. The molecule has 2 amide bonds. The molecule has 0 bridgehead atoms. The van der Waals surface area contributed by atoms with Gasteiger partial charge >= 0.3 is 6.03 Å². The third kappa shape index (κ3) is 1.46. The van der Waals surface area contributed by atoms with Crippen molar-refractivity contribution < 1.29 is 13.2 Å². The number of rotatable bonds is 0. The van der Waals surface area contributed by atoms with Gasteiger partial charge in [-0.15, -0.1) is 0 Å². The van der Waals surface area contributed by atoms with E-state index in [9.17, 15) is 13.2 Å². The molecule has 1 aliphatic rings. The minimum atomic E-state index is -3.69. The van der Waals surface area contributed by atoms with Crippen LogP contribution in [0, 0.1) is 3.57 Å². The lowest BCUT2D eigenvalue weighted by molar-refractivity contribution is 0.256. The minimum absolute atomic E-state index is 0.125. The number of carbonyl (C=O) groups excluding carboxylic acids is 1. The summed E-state index contributed by atoms with van der Waals surface area (Å²) in [6, 6.07) is 4.17. The Bertz CT molecular complexity index is 512. The summed E-state index contributed by atoms with van der Waals surface area (Å²) in [4.78, 5) is 11.1. The highest BCUT2D eigenvalue weighted by atomic mass is 127. The van der Waals surface area contributed by atoms with Crippen molar-refractivity contribution in [1.82, 2.24) is 4.72 Å². The molecule has 0 unspecified atom stereocenters. The topological polar surface area (TPSA) is 75.3 Å². The Morgan fingerprint density at radius 3 is 2.71 bits per heavy atom. The van der Waals surface area contributed by atoms with Gasteiger partial charge in [0.15, 0.2) is 0 Å². The van der Waals surface area contributed by atoms with Crippen LogP contribution in [0.3, 0.4) is 0 Å². The summed E-state index contributed by atoms with van der Waals surface area (Å²) in [6.45, 7) is 0. The average molecular weight is 324 g/mol. The SMILES string of the molecule is O=C1Nc2cccc(I)c2S(=O)(=O)N1. The normalized spacial score (nSPS) is 17.9. The minimum Gasteiger partial charge on any atom is -0.306 e. The zero-order chi connectivity index (χ0) is 10.3. The third-order valence-electron chi connectivity index (χ3n) is 1.71. The van der Waals surface area contributed by atoms with Gasteiger partial charge < -0.3 is 5.32 Å². The van der Waals surface area contributed by atoms with Crippen molar-refractivity contribution in [2.45, 2.75) is 4.90 Å². The highest BCUT2D eigenvalue weighted by molar-refractivity contribution is 14.1. The lowest BCUT2D eigenvalue weighted by atomic mass is 10.3. The fraction of sp³-hybridized carbons (Fsp3) is 0. The molecule has 0 atom stereocenters. The molecule has 2 rings (SSSR count). The molecule has 0 aromatic heterocycles. The summed E-state index contributed by atoms with van der Waals surface area (Å²) in [6.07, 6.45) is 0. The first-order valence-electron chi connectivity index (χ1n) is 3.63. The second kappa shape index (κ2) is 3.09. The van der Waals surface area contributed by atoms with Gasteiger partial charge in [-0.2, -0.15) is 0 Å². The smallest absolute Gasteiger partial charge is 0.306 e. The zero-order valence-corrected chi connectivity index (χ0v) is 9.72. The van der Waals surface area contributed by atoms with Crippen molar-refractivity contribution in [3.63, 3.8) is 0 Å². The van der Waals surface area contributed by atoms with E-state index in [1.54, 1.807) is 18.2 Å². The van der Waals surface area contributed by atoms with Crippen LogP contribution in [0.4, 0.5) is 10.5 Å². The zero-order valence-electron chi connectivity index (χ0n) is 6.74. The first-order chi connectivity index (χ1) is 6.50. The molecule has 0 spiro atoms. The van der Waals surface area contributed by atoms with Crippen LogP contribution in [0.25, 0.3) is 0 Å². The second-order valence-electron chi connectivity index (χ2n) is 2.68. The fourth-order valence-corrected chi connectivity index (χ4v) is 3.70. The van der Waals surface area contributed by atoms with Crippen molar-refractivity contribution in [2.24, 2.45) is 0 Å². The molecule has 1 aromatic rings. The van der Waals surface area contributed by atoms with Crippen molar-refractivity contribution in [1.29, 1.82) is 0 Å². The third-order valence-corrected chi connectivity index (χ3v) is 4.41. The van der Waals surface area contributed by atoms with Crippen LogP contribution in [0.1, 0.15) is 0 Å². The summed E-state index contributed by atoms with van der Waals surface area (Å²) in [7, 11) is -3.69. The molecule has 14 heavy (non-hydrogen) atoms. The summed E-state index contributed by atoms with van der Waals surface area (Å²) >= 11 is 1.91. The van der Waals surface area contributed by atoms with Crippen LogP contribution >= 0.6 is 22.6 Å². The quantitative estimate of drug-likeness (QED) is 0.702. The highest BCUT2D eigenvalue weighted by Crippen LogP contribution is 2.28. The van der Waals surface area contributed by atoms with Gasteiger partial charge in [0.05, 0.1) is 5.69 Å². The van der Waals surface area contributed by atoms with E-state index in [0.29, 0.717) is 9.26 Å². The van der Waals surface area contributed by atoms with Crippen molar-refractivity contribution >= 4 is 44.3 Å². The maximum atomic E-state index is 11.5. The predicted octanol–water partition coefficient (Wildman–Crippen LogP) is 1.11. The molecular weight excluding hydrogens is 319 g/mol. The molecule has 0 saturated heterocycles. The van der Waals surface area contributed by atoms with E-state index in [-0.39, 0.29) is 4.90 Å². The molecule has 0 radical (unpaired) electrons. The molecule has 2 N–H and O–H groups in total. The number of hydrogen-bond donors (Lipinski definition) is 2. The van der Waals surface area contributed by atoms with E-state index >= 15 is 0 Å². The Labute approximate surface area is 94.1 Å². The molecule has 7 heteroatoms. The number of fused-ring (bicyclic) bond motifs is 1. The van der Waals surface area contributed by atoms with E-state index in [4.69, 9.17) is 0 Å². The van der Waals surface area contributed by atoms with E-state index in [2.05, 4.69) is 5.32 Å². The van der Waals surface area contributed by atoms with Crippen LogP contribution in [0.2, 0.25) is 0 Å². The maximum Gasteiger partial charge on any atom is 0.333 e. The lowest BCUT2D eigenvalue weighted by Gasteiger charge is -2.18. The van der Waals surface area contributed by atoms with E-state index < -0.39 is 16.1 Å². The number of amides is 2. The largest absolute Gasteiger partial charge is 0.333 e. The van der Waals surface area contributed by atoms with E-state index in [1.807, 2.05) is 27.3 Å². The summed E-state index contributed by atoms with van der Waals surface area (Å²) in [5, 5.41) is 2.42. The Balaban J connectivity index is 2.77. The molecule has 5 nitrogen and oxygen atoms in total. The van der Waals surface area contributed by atoms with Crippen LogP contribution in [0.15, 0.2) is 23.1 Å². The van der Waals surface area contributed by atoms with Crippen molar-refractivity contribution in [3.8, 4) is 0 Å². The van der Waals surface area contributed by atoms with Crippen LogP contribution in [-0.4, -0.2) is 14.4 Å². The maximum absolute atomic E-state index is 11.5. The first kappa shape index (κ1) is 9.71. The monoisotopic (exact) mass is 324 g/mol. The van der Waals surface area contributed by atoms with Crippen LogP contribution < -0.4 is 10.0 Å². The van der Waals surface area contributed by atoms with Crippen LogP contribution in [-0.2, 0) is 10.0 Å². The van der Waals surface area contributed by atoms with E-state index in [0.717, 1.165) is 0 Å². The molecule has 0 aliphatic carbocycles. The second-order valence-corrected chi connectivity index (χ2v) is 5.46. The molecule has 74 valence electrons. The molecule has 1 aromatic carbocycles. The average Bonchev–Trinajstić information content (AvgIpc) is 2.00. The van der Waals surface area contributed by atoms with Gasteiger partial charge in [0.1, 0.15) is 4.90 Å². The predicted molar refractivity (Wildman–Crippen MR) is 58.5 cm³/mol. The van der Waals surface area contributed by atoms with Crippen molar-refractivity contribution in [2.75, 3.05) is 5.32 Å². The lowest BCUT2D eigenvalue weighted by Crippen LogP contribution is -2.39. The number of sulfonamides is 1. The molecular formula is C7H5IN2O3S. The van der Waals surface area contributed by atoms with Crippen LogP contribution in [0.5, 0.6) is 0 Å². The highest BCUT2D eigenvalue weighted by Gasteiger charge is 2.29. The Morgan fingerprint density at radius 2 is 2.00 bits per heavy atom. The summed E-state index contributed by atoms with van der Waals surface area (Å²) < 4.78 is 25.5. The molecule has 1 heterocycles. The molecule has 0 fully saturated rings. The number of anilines is 1. The van der Waals surface area contributed by atoms with Gasteiger partial charge in [-0.05, 0) is 34.7 Å². The fourth-order valence-electron chi connectivity index (χ4n) is 1.20. The summed E-state index contributed by atoms with van der Waals surface area (Å²) in [5.41, 5.74) is 0.320. The van der Waals surface area contributed by atoms with E-state index in [1.165, 1.54) is 0 Å². The molecule has 0 saturated carbocycles. The number of halogens is 1. The number of urea groups is 1. The number of carbonyl (C=O) groups is 1. The Morgan fingerprint density at radius 1 is 1.29 bits per heavy atom. The number of hydrogen-bond acceptors (Lipinski definition) is 3. The first-order valence-corrected chi connectivity index (χ1v) is 6.19. The van der Waals surface area contributed by atoms with Gasteiger partial charge in [0.25, 0.3) is 10.0 Å². The Kier molecular flexibility index (Phi) is 2.14. The van der Waals surface area contributed by atoms with Gasteiger partial charge in [0.2, 0.25) is 0 Å². The standard InChI is InChI=1S/C7H5IN2O3S/c8-4-2-1-3-5-6(4)14(12,13)10-7(11)9-5/h1-3H,(H2,9,10,11). The van der Waals surface area contributed by atoms with Gasteiger partial charge in [-0.1, -0.05) is 6.07 Å². The van der Waals surface area contributed by atoms with Crippen molar-refractivity contribution in [3.05, 3.63) is 21.8 Å². The molecule has 1 aliphatic heterocycles. The van der Waals surface area contributed by atoms with Gasteiger partial charge in [-0.25, -0.2) is 17.9 Å². The summed E-state index contributed by atoms with van der Waals surface area (Å²) in [5.74, 6) is 0. The van der Waals surface area contributed by atoms with Gasteiger partial charge in [-0.3, -0.25) is 0 Å². The number of benzene rings is 1. The number of nitrogens with one attached hydrogen (secondary N) is 2.